The van der Waals surface area contributed by atoms with Crippen LogP contribution >= 0.6 is 0 Å². The van der Waals surface area contributed by atoms with Crippen molar-refractivity contribution in [1.29, 1.82) is 0 Å². The van der Waals surface area contributed by atoms with Gasteiger partial charge in [-0.05, 0) is 36.4 Å². The second-order valence-electron chi connectivity index (χ2n) is 5.26. The minimum atomic E-state index is 0.514. The second-order valence-corrected chi connectivity index (χ2v) is 5.26. The van der Waals surface area contributed by atoms with Gasteiger partial charge in [0.05, 0.1) is 13.2 Å². The largest absolute Gasteiger partial charge is 0.423 e. The van der Waals surface area contributed by atoms with Crippen LogP contribution in [-0.2, 0) is 4.74 Å². The zero-order valence-corrected chi connectivity index (χ0v) is 12.2. The average molecular weight is 295 g/mol. The molecule has 0 atom stereocenters. The molecule has 2 heterocycles. The molecule has 1 aliphatic rings. The van der Waals surface area contributed by atoms with Gasteiger partial charge in [0.25, 0.3) is 6.01 Å². The van der Waals surface area contributed by atoms with E-state index < -0.39 is 0 Å². The lowest BCUT2D eigenvalue weighted by atomic mass is 10.2. The van der Waals surface area contributed by atoms with Crippen molar-refractivity contribution in [3.05, 3.63) is 48.5 Å². The lowest BCUT2D eigenvalue weighted by Crippen LogP contribution is -2.36. The first-order valence-electron chi connectivity index (χ1n) is 7.44. The summed E-state index contributed by atoms with van der Waals surface area (Å²) in [7, 11) is 0. The van der Waals surface area contributed by atoms with Crippen LogP contribution in [0.4, 0.5) is 17.4 Å². The molecule has 0 radical (unpaired) electrons. The highest BCUT2D eigenvalue weighted by Crippen LogP contribution is 2.24. The van der Waals surface area contributed by atoms with Crippen LogP contribution in [0.5, 0.6) is 0 Å². The van der Waals surface area contributed by atoms with Crippen molar-refractivity contribution in [2.24, 2.45) is 0 Å². The minimum Gasteiger partial charge on any atom is -0.423 e. The Labute approximate surface area is 128 Å². The van der Waals surface area contributed by atoms with Crippen LogP contribution in [0.15, 0.2) is 52.9 Å². The van der Waals surface area contributed by atoms with E-state index in [1.54, 1.807) is 0 Å². The zero-order valence-electron chi connectivity index (χ0n) is 12.2. The molecule has 1 fully saturated rings. The Bertz CT molecular complexity index is 728. The van der Waals surface area contributed by atoms with Crippen molar-refractivity contribution in [1.82, 2.24) is 4.98 Å². The first-order valence-corrected chi connectivity index (χ1v) is 7.44. The molecule has 0 aliphatic carbocycles. The van der Waals surface area contributed by atoms with E-state index in [0.717, 1.165) is 43.1 Å². The van der Waals surface area contributed by atoms with E-state index in [9.17, 15) is 0 Å². The lowest BCUT2D eigenvalue weighted by Gasteiger charge is -2.28. The monoisotopic (exact) mass is 295 g/mol. The van der Waals surface area contributed by atoms with E-state index in [1.807, 2.05) is 36.4 Å². The third-order valence-corrected chi connectivity index (χ3v) is 3.79. The van der Waals surface area contributed by atoms with Crippen LogP contribution in [0.1, 0.15) is 0 Å². The van der Waals surface area contributed by atoms with E-state index in [2.05, 4.69) is 27.3 Å². The van der Waals surface area contributed by atoms with Crippen LogP contribution in [0.2, 0.25) is 0 Å². The van der Waals surface area contributed by atoms with Crippen molar-refractivity contribution in [3.63, 3.8) is 0 Å². The molecule has 3 aromatic rings. The van der Waals surface area contributed by atoms with Gasteiger partial charge < -0.3 is 19.4 Å². The normalized spacial score (nSPS) is 15.2. The quantitative estimate of drug-likeness (QED) is 0.802. The van der Waals surface area contributed by atoms with Gasteiger partial charge in [-0.1, -0.05) is 12.1 Å². The van der Waals surface area contributed by atoms with Gasteiger partial charge >= 0.3 is 0 Å². The van der Waals surface area contributed by atoms with Crippen LogP contribution in [0.25, 0.3) is 11.1 Å². The summed E-state index contributed by atoms with van der Waals surface area (Å²) >= 11 is 0. The number of aromatic nitrogens is 1. The van der Waals surface area contributed by atoms with Crippen molar-refractivity contribution in [3.8, 4) is 0 Å². The summed E-state index contributed by atoms with van der Waals surface area (Å²) < 4.78 is 11.0. The summed E-state index contributed by atoms with van der Waals surface area (Å²) in [6.45, 7) is 3.47. The summed E-state index contributed by atoms with van der Waals surface area (Å²) in [6.07, 6.45) is 0. The van der Waals surface area contributed by atoms with Gasteiger partial charge in [0.2, 0.25) is 0 Å². The Kier molecular flexibility index (Phi) is 3.40. The fourth-order valence-corrected chi connectivity index (χ4v) is 2.63. The fraction of sp³-hybridized carbons (Fsp3) is 0.235. The number of rotatable bonds is 3. The predicted octanol–water partition coefficient (Wildman–Crippen LogP) is 3.41. The SMILES string of the molecule is c1ccc2oc(Nc3ccc(N4CCOCC4)cc3)nc2c1. The first kappa shape index (κ1) is 13.2. The Morgan fingerprint density at radius 3 is 2.50 bits per heavy atom. The van der Waals surface area contributed by atoms with Crippen molar-refractivity contribution in [2.75, 3.05) is 36.5 Å². The van der Waals surface area contributed by atoms with Gasteiger partial charge in [0.15, 0.2) is 5.58 Å². The summed E-state index contributed by atoms with van der Waals surface area (Å²) in [5.41, 5.74) is 3.82. The molecule has 112 valence electrons. The zero-order chi connectivity index (χ0) is 14.8. The molecule has 0 spiro atoms. The van der Waals surface area contributed by atoms with Crippen LogP contribution in [-0.4, -0.2) is 31.3 Å². The standard InChI is InChI=1S/C17H17N3O2/c1-2-4-16-15(3-1)19-17(22-16)18-13-5-7-14(8-6-13)20-9-11-21-12-10-20/h1-8H,9-12H2,(H,18,19). The molecule has 22 heavy (non-hydrogen) atoms. The van der Waals surface area contributed by atoms with Gasteiger partial charge in [-0.2, -0.15) is 4.98 Å². The molecule has 0 unspecified atom stereocenters. The number of anilines is 3. The van der Waals surface area contributed by atoms with Gasteiger partial charge in [-0.25, -0.2) is 0 Å². The molecule has 0 bridgehead atoms. The number of nitrogens with zero attached hydrogens (tertiary/aromatic N) is 2. The van der Waals surface area contributed by atoms with E-state index in [1.165, 1.54) is 5.69 Å². The molecule has 1 aromatic heterocycles. The molecule has 1 N–H and O–H groups in total. The van der Waals surface area contributed by atoms with Crippen molar-refractivity contribution in [2.45, 2.75) is 0 Å². The molecule has 0 saturated carbocycles. The number of morpholine rings is 1. The van der Waals surface area contributed by atoms with Gasteiger partial charge in [-0.15, -0.1) is 0 Å². The lowest BCUT2D eigenvalue weighted by molar-refractivity contribution is 0.122. The van der Waals surface area contributed by atoms with E-state index in [0.29, 0.717) is 6.01 Å². The molecule has 4 rings (SSSR count). The number of benzene rings is 2. The Hall–Kier alpha value is -2.53. The van der Waals surface area contributed by atoms with Crippen LogP contribution in [0, 0.1) is 0 Å². The van der Waals surface area contributed by atoms with Gasteiger partial charge in [0, 0.05) is 24.5 Å². The smallest absolute Gasteiger partial charge is 0.300 e. The number of fused-ring (bicyclic) bond motifs is 1. The van der Waals surface area contributed by atoms with E-state index >= 15 is 0 Å². The van der Waals surface area contributed by atoms with Crippen LogP contribution < -0.4 is 10.2 Å². The highest BCUT2D eigenvalue weighted by molar-refractivity contribution is 5.75. The Balaban J connectivity index is 1.50. The Morgan fingerprint density at radius 2 is 1.73 bits per heavy atom. The molecule has 5 heteroatoms. The number of ether oxygens (including phenoxy) is 1. The number of nitrogens with one attached hydrogen (secondary N) is 1. The van der Waals surface area contributed by atoms with E-state index in [-0.39, 0.29) is 0 Å². The topological polar surface area (TPSA) is 50.5 Å². The number of para-hydroxylation sites is 2. The highest BCUT2D eigenvalue weighted by Gasteiger charge is 2.11. The molecule has 2 aromatic carbocycles. The fourth-order valence-electron chi connectivity index (χ4n) is 2.63. The van der Waals surface area contributed by atoms with Crippen molar-refractivity contribution < 1.29 is 9.15 Å². The maximum atomic E-state index is 5.67. The predicted molar refractivity (Wildman–Crippen MR) is 86.8 cm³/mol. The number of hydrogen-bond acceptors (Lipinski definition) is 5. The first-order chi connectivity index (χ1) is 10.9. The highest BCUT2D eigenvalue weighted by atomic mass is 16.5. The Morgan fingerprint density at radius 1 is 0.955 bits per heavy atom. The van der Waals surface area contributed by atoms with Crippen LogP contribution in [0.3, 0.4) is 0 Å². The van der Waals surface area contributed by atoms with Gasteiger partial charge in [-0.3, -0.25) is 0 Å². The van der Waals surface area contributed by atoms with E-state index in [4.69, 9.17) is 9.15 Å². The third-order valence-electron chi connectivity index (χ3n) is 3.79. The maximum Gasteiger partial charge on any atom is 0.300 e. The summed E-state index contributed by atoms with van der Waals surface area (Å²) in [4.78, 5) is 6.74. The number of hydrogen-bond donors (Lipinski definition) is 1. The average Bonchev–Trinajstić information content (AvgIpc) is 2.98. The summed E-state index contributed by atoms with van der Waals surface area (Å²) in [5.74, 6) is 0. The maximum absolute atomic E-state index is 5.67. The molecular formula is C17H17N3O2. The third kappa shape index (κ3) is 2.63. The second kappa shape index (κ2) is 5.69. The molecule has 1 aliphatic heterocycles. The molecule has 1 saturated heterocycles. The summed E-state index contributed by atoms with van der Waals surface area (Å²) in [6, 6.07) is 16.5. The minimum absolute atomic E-state index is 0.514. The molecular weight excluding hydrogens is 278 g/mol. The summed E-state index contributed by atoms with van der Waals surface area (Å²) in [5, 5.41) is 3.20. The molecule has 0 amide bonds. The van der Waals surface area contributed by atoms with Gasteiger partial charge in [0.1, 0.15) is 5.52 Å². The molecule has 5 nitrogen and oxygen atoms in total. The van der Waals surface area contributed by atoms with Crippen molar-refractivity contribution >= 4 is 28.5 Å². The number of oxazole rings is 1.